The molecule has 0 spiro atoms. The van der Waals surface area contributed by atoms with E-state index in [1.54, 1.807) is 5.57 Å². The summed E-state index contributed by atoms with van der Waals surface area (Å²) in [6, 6.07) is 6.89. The highest BCUT2D eigenvalue weighted by molar-refractivity contribution is 5.84. The minimum atomic E-state index is -0.0202. The number of aromatic amines is 1. The fraction of sp³-hybridized carbons (Fsp3) is 0.700. The fourth-order valence-corrected chi connectivity index (χ4v) is 8.95. The molecule has 2 aromatic rings. The van der Waals surface area contributed by atoms with Crippen molar-refractivity contribution in [2.75, 3.05) is 0 Å². The van der Waals surface area contributed by atoms with Crippen molar-refractivity contribution in [2.45, 2.75) is 97.7 Å². The van der Waals surface area contributed by atoms with Gasteiger partial charge in [-0.2, -0.15) is 5.10 Å². The number of aromatic nitrogens is 2. The summed E-state index contributed by atoms with van der Waals surface area (Å²) in [5.74, 6) is 3.44. The minimum absolute atomic E-state index is 0.0202. The summed E-state index contributed by atoms with van der Waals surface area (Å²) < 4.78 is 6.47. The molecule has 0 radical (unpaired) electrons. The minimum Gasteiger partial charge on any atom is -0.373 e. The Morgan fingerprint density at radius 1 is 1.03 bits per heavy atom. The molecule has 1 heterocycles. The van der Waals surface area contributed by atoms with Gasteiger partial charge >= 0.3 is 0 Å². The van der Waals surface area contributed by atoms with E-state index in [1.807, 2.05) is 6.20 Å². The van der Waals surface area contributed by atoms with Crippen molar-refractivity contribution >= 4 is 16.5 Å². The number of H-pyrrole nitrogens is 1. The summed E-state index contributed by atoms with van der Waals surface area (Å²) >= 11 is 0. The first-order chi connectivity index (χ1) is 15.7. The number of fused-ring (bicyclic) bond motifs is 6. The van der Waals surface area contributed by atoms with Gasteiger partial charge in [0.15, 0.2) is 0 Å². The molecule has 3 heteroatoms. The topological polar surface area (TPSA) is 37.9 Å². The molecule has 7 atom stereocenters. The van der Waals surface area contributed by atoms with E-state index in [4.69, 9.17) is 4.74 Å². The molecule has 1 N–H and O–H groups in total. The van der Waals surface area contributed by atoms with Crippen LogP contribution in [0.5, 0.6) is 0 Å². The fourth-order valence-electron chi connectivity index (χ4n) is 8.95. The van der Waals surface area contributed by atoms with Gasteiger partial charge in [0.1, 0.15) is 0 Å². The van der Waals surface area contributed by atoms with Gasteiger partial charge in [0.05, 0.1) is 23.4 Å². The summed E-state index contributed by atoms with van der Waals surface area (Å²) in [4.78, 5) is 0. The number of hydrogen-bond donors (Lipinski definition) is 1. The summed E-state index contributed by atoms with van der Waals surface area (Å²) in [5, 5.41) is 8.58. The first-order valence-electron chi connectivity index (χ1n) is 13.5. The van der Waals surface area contributed by atoms with E-state index in [0.29, 0.717) is 16.9 Å². The predicted molar refractivity (Wildman–Crippen MR) is 136 cm³/mol. The maximum absolute atomic E-state index is 6.47. The highest BCUT2D eigenvalue weighted by Gasteiger charge is 2.58. The second kappa shape index (κ2) is 7.44. The Labute approximate surface area is 199 Å². The van der Waals surface area contributed by atoms with E-state index in [-0.39, 0.29) is 5.60 Å². The second-order valence-electron chi connectivity index (χ2n) is 13.3. The van der Waals surface area contributed by atoms with Crippen LogP contribution in [0.25, 0.3) is 16.5 Å². The molecule has 3 fully saturated rings. The van der Waals surface area contributed by atoms with Crippen molar-refractivity contribution in [3.63, 3.8) is 0 Å². The van der Waals surface area contributed by atoms with Gasteiger partial charge in [0.2, 0.25) is 0 Å². The quantitative estimate of drug-likeness (QED) is 0.511. The summed E-state index contributed by atoms with van der Waals surface area (Å²) in [5.41, 5.74) is 5.00. The summed E-state index contributed by atoms with van der Waals surface area (Å²) in [6.07, 6.45) is 15.8. The van der Waals surface area contributed by atoms with Crippen molar-refractivity contribution in [2.24, 2.45) is 34.5 Å². The molecular formula is C30H42N2O. The normalized spacial score (nSPS) is 40.8. The molecule has 0 amide bonds. The van der Waals surface area contributed by atoms with Gasteiger partial charge in [-0.3, -0.25) is 5.10 Å². The SMILES string of the molecule is CC(C)(C)O[C@H]1CC[C@@]2(C)[C@@H](CC[C@@H]3[C@@H]2CC[C@]2(C)C(c4ccc5[nH]ncc5c4)=CC[C@@H]32)C1. The molecule has 1 aromatic heterocycles. The van der Waals surface area contributed by atoms with Crippen LogP contribution in [0.15, 0.2) is 30.5 Å². The van der Waals surface area contributed by atoms with Crippen LogP contribution < -0.4 is 0 Å². The molecule has 3 saturated carbocycles. The van der Waals surface area contributed by atoms with E-state index >= 15 is 0 Å². The Hall–Kier alpha value is -1.61. The van der Waals surface area contributed by atoms with Crippen LogP contribution in [0.3, 0.4) is 0 Å². The number of ether oxygens (including phenoxy) is 1. The molecule has 0 aliphatic heterocycles. The summed E-state index contributed by atoms with van der Waals surface area (Å²) in [6.45, 7) is 11.9. The molecule has 6 rings (SSSR count). The second-order valence-corrected chi connectivity index (χ2v) is 13.3. The zero-order valence-electron chi connectivity index (χ0n) is 21.3. The number of nitrogens with zero attached hydrogens (tertiary/aromatic N) is 1. The molecule has 4 aliphatic carbocycles. The average molecular weight is 447 g/mol. The highest BCUT2D eigenvalue weighted by Crippen LogP contribution is 2.67. The third kappa shape index (κ3) is 3.44. The van der Waals surface area contributed by atoms with E-state index < -0.39 is 0 Å². The number of allylic oxidation sites excluding steroid dienone is 2. The zero-order valence-corrected chi connectivity index (χ0v) is 21.3. The number of nitrogens with one attached hydrogen (secondary N) is 1. The largest absolute Gasteiger partial charge is 0.373 e. The molecule has 0 bridgehead atoms. The van der Waals surface area contributed by atoms with Gasteiger partial charge in [-0.25, -0.2) is 0 Å². The molecule has 0 unspecified atom stereocenters. The van der Waals surface area contributed by atoms with Crippen LogP contribution in [0, 0.1) is 34.5 Å². The molecular weight excluding hydrogens is 404 g/mol. The number of rotatable bonds is 2. The first-order valence-corrected chi connectivity index (χ1v) is 13.5. The third-order valence-corrected chi connectivity index (χ3v) is 10.5. The van der Waals surface area contributed by atoms with Crippen molar-refractivity contribution in [3.05, 3.63) is 36.0 Å². The predicted octanol–water partition coefficient (Wildman–Crippen LogP) is 7.78. The molecule has 0 saturated heterocycles. The maximum atomic E-state index is 6.47. The van der Waals surface area contributed by atoms with Crippen LogP contribution in [-0.4, -0.2) is 21.9 Å². The third-order valence-electron chi connectivity index (χ3n) is 10.5. The molecule has 1 aromatic carbocycles. The summed E-state index contributed by atoms with van der Waals surface area (Å²) in [7, 11) is 0. The lowest BCUT2D eigenvalue weighted by Crippen LogP contribution is -2.54. The number of hydrogen-bond acceptors (Lipinski definition) is 2. The number of benzene rings is 1. The van der Waals surface area contributed by atoms with Crippen LogP contribution in [-0.2, 0) is 4.74 Å². The standard InChI is InChI=1S/C30H42N2O/c1-28(2,3)33-22-12-14-29(4)21(17-22)7-8-23-25-10-9-24(30(25,5)15-13-26(23)29)19-6-11-27-20(16-19)18-31-32-27/h6,9,11,16,18,21-23,25-26H,7-8,10,12-15,17H2,1-5H3,(H,31,32)/t21-,22-,23-,25-,26-,29-,30+/m0/s1. The molecule has 3 nitrogen and oxygen atoms in total. The zero-order chi connectivity index (χ0) is 23.0. The van der Waals surface area contributed by atoms with Crippen molar-refractivity contribution in [1.29, 1.82) is 0 Å². The lowest BCUT2D eigenvalue weighted by Gasteiger charge is -2.61. The molecule has 178 valence electrons. The Bertz CT molecular complexity index is 1080. The Morgan fingerprint density at radius 2 is 1.88 bits per heavy atom. The van der Waals surface area contributed by atoms with Gasteiger partial charge in [0, 0.05) is 5.39 Å². The van der Waals surface area contributed by atoms with Gasteiger partial charge in [-0.1, -0.05) is 26.0 Å². The van der Waals surface area contributed by atoms with Gasteiger partial charge < -0.3 is 4.74 Å². The lowest BCUT2D eigenvalue weighted by molar-refractivity contribution is -0.148. The van der Waals surface area contributed by atoms with Crippen molar-refractivity contribution < 1.29 is 4.74 Å². The van der Waals surface area contributed by atoms with Crippen LogP contribution in [0.4, 0.5) is 0 Å². The van der Waals surface area contributed by atoms with Crippen molar-refractivity contribution in [3.8, 4) is 0 Å². The maximum Gasteiger partial charge on any atom is 0.0650 e. The van der Waals surface area contributed by atoms with Gasteiger partial charge in [-0.05, 0) is 130 Å². The molecule has 33 heavy (non-hydrogen) atoms. The smallest absolute Gasteiger partial charge is 0.0650 e. The molecule has 4 aliphatic rings. The van der Waals surface area contributed by atoms with E-state index in [0.717, 1.165) is 29.2 Å². The average Bonchev–Trinajstić information content (AvgIpc) is 3.36. The lowest BCUT2D eigenvalue weighted by atomic mass is 9.44. The monoisotopic (exact) mass is 446 g/mol. The van der Waals surface area contributed by atoms with Gasteiger partial charge in [0.25, 0.3) is 0 Å². The highest BCUT2D eigenvalue weighted by atomic mass is 16.5. The van der Waals surface area contributed by atoms with Crippen molar-refractivity contribution in [1.82, 2.24) is 10.2 Å². The van der Waals surface area contributed by atoms with Gasteiger partial charge in [-0.15, -0.1) is 0 Å². The first kappa shape index (κ1) is 21.9. The Balaban J connectivity index is 1.23. The Morgan fingerprint density at radius 3 is 2.70 bits per heavy atom. The van der Waals surface area contributed by atoms with E-state index in [9.17, 15) is 0 Å². The van der Waals surface area contributed by atoms with Crippen LogP contribution >= 0.6 is 0 Å². The van der Waals surface area contributed by atoms with Crippen LogP contribution in [0.1, 0.15) is 91.5 Å². The van der Waals surface area contributed by atoms with E-state index in [2.05, 4.69) is 69.1 Å². The van der Waals surface area contributed by atoms with E-state index in [1.165, 1.54) is 62.3 Å². The Kier molecular flexibility index (Phi) is 4.94. The van der Waals surface area contributed by atoms with Crippen LogP contribution in [0.2, 0.25) is 0 Å².